The average Bonchev–Trinajstić information content (AvgIpc) is 3.44. The van der Waals surface area contributed by atoms with Crippen LogP contribution in [0.2, 0.25) is 0 Å². The second-order valence-corrected chi connectivity index (χ2v) is 9.13. The second-order valence-electron chi connectivity index (χ2n) is 9.13. The zero-order chi connectivity index (χ0) is 26.7. The maximum absolute atomic E-state index is 12.6. The van der Waals surface area contributed by atoms with Gasteiger partial charge in [0.1, 0.15) is 30.1 Å². The Morgan fingerprint density at radius 3 is 2.68 bits per heavy atom. The molecule has 37 heavy (non-hydrogen) atoms. The van der Waals surface area contributed by atoms with Crippen LogP contribution in [0, 0.1) is 17.2 Å². The Hall–Kier alpha value is -3.89. The number of nitrogens with zero attached hydrogens (tertiary/aromatic N) is 4. The molecular weight excluding hydrogens is 480 g/mol. The first-order valence-electron chi connectivity index (χ1n) is 11.7. The lowest BCUT2D eigenvalue weighted by atomic mass is 9.92. The normalized spacial score (nSPS) is 24.1. The highest BCUT2D eigenvalue weighted by Gasteiger charge is 2.59. The molecule has 12 heteroatoms. The number of ether oxygens (including phenoxy) is 2. The number of aromatic nitrogens is 3. The monoisotopic (exact) mass is 508 g/mol. The molecule has 0 bridgehead atoms. The molecule has 4 rings (SSSR count). The number of nitriles is 1. The Bertz CT molecular complexity index is 1320. The lowest BCUT2D eigenvalue weighted by Gasteiger charge is -2.25. The Balaban J connectivity index is 1.64. The molecule has 0 unspecified atom stereocenters. The molecule has 3 aromatic rings. The van der Waals surface area contributed by atoms with Crippen molar-refractivity contribution in [2.75, 3.05) is 11.9 Å². The van der Waals surface area contributed by atoms with Gasteiger partial charge in [-0.05, 0) is 23.6 Å². The van der Waals surface area contributed by atoms with Gasteiger partial charge in [-0.1, -0.05) is 44.2 Å². The maximum atomic E-state index is 12.6. The van der Waals surface area contributed by atoms with Gasteiger partial charge in [-0.2, -0.15) is 10.4 Å². The van der Waals surface area contributed by atoms with Gasteiger partial charge in [0.25, 0.3) is 0 Å². The van der Waals surface area contributed by atoms with Crippen molar-refractivity contribution in [3.8, 4) is 6.07 Å². The zero-order valence-electron chi connectivity index (χ0n) is 20.3. The number of aliphatic hydroxyl groups is 2. The molecule has 0 radical (unpaired) electrons. The highest BCUT2D eigenvalue weighted by atomic mass is 16.6. The van der Waals surface area contributed by atoms with Gasteiger partial charge in [0.2, 0.25) is 11.5 Å². The molecule has 0 aliphatic carbocycles. The average molecular weight is 509 g/mol. The predicted octanol–water partition coefficient (Wildman–Crippen LogP) is 0.276. The Kier molecular flexibility index (Phi) is 7.51. The van der Waals surface area contributed by atoms with E-state index in [0.29, 0.717) is 11.1 Å². The van der Waals surface area contributed by atoms with Crippen LogP contribution in [0.15, 0.2) is 48.8 Å². The number of fused-ring (bicyclic) bond motifs is 1. The molecule has 1 saturated heterocycles. The molecule has 3 heterocycles. The molecule has 5 N–H and O–H groups in total. The van der Waals surface area contributed by atoms with Crippen LogP contribution in [0.3, 0.4) is 0 Å². The Morgan fingerprint density at radius 2 is 2.03 bits per heavy atom. The Labute approximate surface area is 212 Å². The molecule has 1 aliphatic rings. The summed E-state index contributed by atoms with van der Waals surface area (Å²) in [5.41, 5.74) is 5.01. The highest BCUT2D eigenvalue weighted by Crippen LogP contribution is 2.41. The third kappa shape index (κ3) is 4.90. The molecule has 5 atom stereocenters. The van der Waals surface area contributed by atoms with E-state index in [1.807, 2.05) is 26.0 Å². The molecule has 0 spiro atoms. The first kappa shape index (κ1) is 26.2. The van der Waals surface area contributed by atoms with Crippen LogP contribution in [0.1, 0.15) is 25.1 Å². The molecular formula is C25H28N6O6. The lowest BCUT2D eigenvalue weighted by Crippen LogP contribution is -2.43. The zero-order valence-corrected chi connectivity index (χ0v) is 20.3. The van der Waals surface area contributed by atoms with Crippen molar-refractivity contribution in [3.05, 3.63) is 60.0 Å². The van der Waals surface area contributed by atoms with Crippen molar-refractivity contribution in [3.63, 3.8) is 0 Å². The molecule has 1 aromatic carbocycles. The van der Waals surface area contributed by atoms with E-state index in [9.17, 15) is 25.1 Å². The second kappa shape index (κ2) is 10.6. The fourth-order valence-electron chi connectivity index (χ4n) is 4.22. The number of carbonyl (C=O) groups is 2. The van der Waals surface area contributed by atoms with E-state index in [1.165, 1.54) is 16.9 Å². The summed E-state index contributed by atoms with van der Waals surface area (Å²) in [6, 6.07) is 13.1. The van der Waals surface area contributed by atoms with Crippen molar-refractivity contribution >= 4 is 23.2 Å². The van der Waals surface area contributed by atoms with E-state index in [0.717, 1.165) is 0 Å². The van der Waals surface area contributed by atoms with Crippen molar-refractivity contribution in [1.29, 1.82) is 5.26 Å². The number of anilines is 1. The molecule has 1 amide bonds. The van der Waals surface area contributed by atoms with E-state index in [1.54, 1.807) is 30.3 Å². The summed E-state index contributed by atoms with van der Waals surface area (Å²) >= 11 is 0. The van der Waals surface area contributed by atoms with E-state index in [4.69, 9.17) is 15.2 Å². The van der Waals surface area contributed by atoms with Gasteiger partial charge in [0, 0.05) is 0 Å². The SMILES string of the molecule is CC(C)[C@H](N)C(=O)Nc1ncnn2c([C@]3(C#N)O[C@H](CO)[C@@H](OC(=O)Cc4ccccc4)[C@H]3O)ccc12. The minimum atomic E-state index is -2.04. The number of rotatable bonds is 8. The summed E-state index contributed by atoms with van der Waals surface area (Å²) in [7, 11) is 0. The number of esters is 1. The van der Waals surface area contributed by atoms with E-state index in [-0.39, 0.29) is 23.9 Å². The van der Waals surface area contributed by atoms with E-state index >= 15 is 0 Å². The number of hydrogen-bond donors (Lipinski definition) is 4. The maximum Gasteiger partial charge on any atom is 0.310 e. The van der Waals surface area contributed by atoms with Gasteiger partial charge in [0.15, 0.2) is 11.9 Å². The number of nitrogens with two attached hydrogens (primary N) is 1. The van der Waals surface area contributed by atoms with E-state index in [2.05, 4.69) is 15.4 Å². The molecule has 0 saturated carbocycles. The van der Waals surface area contributed by atoms with Crippen LogP contribution in [-0.2, 0) is 31.1 Å². The molecule has 2 aromatic heterocycles. The summed E-state index contributed by atoms with van der Waals surface area (Å²) in [5.74, 6) is -1.07. The predicted molar refractivity (Wildman–Crippen MR) is 130 cm³/mol. The van der Waals surface area contributed by atoms with Gasteiger partial charge in [-0.25, -0.2) is 9.50 Å². The smallest absolute Gasteiger partial charge is 0.310 e. The van der Waals surface area contributed by atoms with E-state index < -0.39 is 48.4 Å². The lowest BCUT2D eigenvalue weighted by molar-refractivity contribution is -0.155. The van der Waals surface area contributed by atoms with Gasteiger partial charge in [-0.3, -0.25) is 9.59 Å². The van der Waals surface area contributed by atoms with Gasteiger partial charge < -0.3 is 30.7 Å². The molecule has 1 aliphatic heterocycles. The van der Waals surface area contributed by atoms with Gasteiger partial charge in [-0.15, -0.1) is 0 Å². The first-order valence-corrected chi connectivity index (χ1v) is 11.7. The summed E-state index contributed by atoms with van der Waals surface area (Å²) in [4.78, 5) is 29.2. The van der Waals surface area contributed by atoms with Crippen LogP contribution < -0.4 is 11.1 Å². The van der Waals surface area contributed by atoms with Crippen LogP contribution in [0.25, 0.3) is 5.52 Å². The third-order valence-corrected chi connectivity index (χ3v) is 6.33. The highest BCUT2D eigenvalue weighted by molar-refractivity contribution is 5.97. The van der Waals surface area contributed by atoms with Crippen LogP contribution in [-0.4, -0.2) is 67.6 Å². The number of benzene rings is 1. The van der Waals surface area contributed by atoms with Crippen LogP contribution >= 0.6 is 0 Å². The number of nitrogens with one attached hydrogen (secondary N) is 1. The minimum absolute atomic E-state index is 0.0649. The minimum Gasteiger partial charge on any atom is -0.456 e. The van der Waals surface area contributed by atoms with Crippen molar-refractivity contribution < 1.29 is 29.3 Å². The number of carbonyl (C=O) groups excluding carboxylic acids is 2. The summed E-state index contributed by atoms with van der Waals surface area (Å²) in [5, 5.41) is 38.1. The van der Waals surface area contributed by atoms with Crippen LogP contribution in [0.4, 0.5) is 5.82 Å². The van der Waals surface area contributed by atoms with Gasteiger partial charge >= 0.3 is 5.97 Å². The third-order valence-electron chi connectivity index (χ3n) is 6.33. The van der Waals surface area contributed by atoms with Crippen molar-refractivity contribution in [1.82, 2.24) is 14.6 Å². The largest absolute Gasteiger partial charge is 0.456 e. The molecule has 1 fully saturated rings. The van der Waals surface area contributed by atoms with Gasteiger partial charge in [0.05, 0.1) is 24.8 Å². The topological polar surface area (TPSA) is 185 Å². The van der Waals surface area contributed by atoms with Crippen molar-refractivity contribution in [2.45, 2.75) is 50.2 Å². The fraction of sp³-hybridized carbons (Fsp3) is 0.400. The summed E-state index contributed by atoms with van der Waals surface area (Å²) < 4.78 is 12.6. The van der Waals surface area contributed by atoms with Crippen LogP contribution in [0.5, 0.6) is 0 Å². The fourth-order valence-corrected chi connectivity index (χ4v) is 4.22. The molecule has 194 valence electrons. The number of hydrogen-bond acceptors (Lipinski definition) is 10. The summed E-state index contributed by atoms with van der Waals surface area (Å²) in [6.07, 6.45) is -3.05. The quantitative estimate of drug-likeness (QED) is 0.308. The molecule has 12 nitrogen and oxygen atoms in total. The van der Waals surface area contributed by atoms with Crippen molar-refractivity contribution in [2.24, 2.45) is 11.7 Å². The Morgan fingerprint density at radius 1 is 1.30 bits per heavy atom. The number of amides is 1. The standard InChI is InChI=1S/C25H28N6O6/c1-14(2)20(27)24(35)30-23-16-8-9-18(31(16)29-13-28-23)25(12-26)22(34)21(17(11-32)37-25)36-19(33)10-15-6-4-3-5-7-15/h3-9,13-14,17,20-22,32,34H,10-11,27H2,1-2H3,(H,28,29,30,35)/t17-,20+,21-,22-,25+/m1/s1. The number of aliphatic hydroxyl groups excluding tert-OH is 2. The summed E-state index contributed by atoms with van der Waals surface area (Å²) in [6.45, 7) is 3.01. The first-order chi connectivity index (χ1) is 17.7.